The molecule has 11 nitrogen and oxygen atoms in total. The number of H-pyrrole nitrogens is 1. The zero-order valence-corrected chi connectivity index (χ0v) is 24.1. The topological polar surface area (TPSA) is 134 Å². The van der Waals surface area contributed by atoms with Crippen molar-refractivity contribution in [2.75, 3.05) is 17.2 Å². The molecule has 2 aliphatic rings. The van der Waals surface area contributed by atoms with Gasteiger partial charge in [-0.2, -0.15) is 5.21 Å². The van der Waals surface area contributed by atoms with E-state index in [0.29, 0.717) is 29.2 Å². The van der Waals surface area contributed by atoms with Gasteiger partial charge in [-0.05, 0) is 66.5 Å². The number of urea groups is 1. The van der Waals surface area contributed by atoms with Gasteiger partial charge in [-0.1, -0.05) is 44.1 Å². The average molecular weight is 602 g/mol. The number of amides is 3. The first kappa shape index (κ1) is 30.1. The molecule has 3 N–H and O–H groups in total. The minimum Gasteiger partial charge on any atom is -0.493 e. The second-order valence-corrected chi connectivity index (χ2v) is 11.8. The van der Waals surface area contributed by atoms with Crippen LogP contribution in [0, 0.1) is 11.3 Å². The Morgan fingerprint density at radius 2 is 1.77 bits per heavy atom. The van der Waals surface area contributed by atoms with Gasteiger partial charge >= 0.3 is 12.4 Å². The van der Waals surface area contributed by atoms with E-state index >= 15 is 0 Å². The molecule has 230 valence electrons. The lowest BCUT2D eigenvalue weighted by atomic mass is 9.71. The summed E-state index contributed by atoms with van der Waals surface area (Å²) in [4.78, 5) is 28.5. The lowest BCUT2D eigenvalue weighted by Gasteiger charge is -2.45. The minimum absolute atomic E-state index is 0.0185. The molecule has 3 amide bonds. The van der Waals surface area contributed by atoms with E-state index in [4.69, 9.17) is 4.74 Å². The van der Waals surface area contributed by atoms with Crippen molar-refractivity contribution in [2.24, 2.45) is 11.3 Å². The predicted molar refractivity (Wildman–Crippen MR) is 151 cm³/mol. The fourth-order valence-electron chi connectivity index (χ4n) is 5.93. The molecule has 1 unspecified atom stereocenters. The number of halogens is 3. The Hall–Kier alpha value is -4.36. The van der Waals surface area contributed by atoms with Gasteiger partial charge in [0.15, 0.2) is 5.75 Å². The summed E-state index contributed by atoms with van der Waals surface area (Å²) in [7, 11) is 0. The molecule has 1 aliphatic carbocycles. The van der Waals surface area contributed by atoms with E-state index in [1.807, 2.05) is 0 Å². The van der Waals surface area contributed by atoms with Gasteiger partial charge in [0.25, 0.3) is 11.9 Å². The number of alkyl halides is 3. The number of benzene rings is 2. The Labute approximate surface area is 246 Å². The maximum Gasteiger partial charge on any atom is 0.573 e. The number of hydrogen-bond acceptors (Lipinski definition) is 7. The molecule has 5 rings (SSSR count). The van der Waals surface area contributed by atoms with E-state index in [-0.39, 0.29) is 29.7 Å². The molecule has 2 heterocycles. The molecule has 1 aliphatic heterocycles. The van der Waals surface area contributed by atoms with Gasteiger partial charge in [-0.3, -0.25) is 10.1 Å². The van der Waals surface area contributed by atoms with Crippen molar-refractivity contribution in [3.05, 3.63) is 53.6 Å². The quantitative estimate of drug-likeness (QED) is 0.301. The zero-order chi connectivity index (χ0) is 30.8. The summed E-state index contributed by atoms with van der Waals surface area (Å²) in [5.41, 5.74) is 1.04. The fourth-order valence-corrected chi connectivity index (χ4v) is 5.93. The van der Waals surface area contributed by atoms with Crippen LogP contribution in [-0.4, -0.2) is 56.5 Å². The number of carbonyl (C=O) groups is 2. The largest absolute Gasteiger partial charge is 0.573 e. The molecule has 1 aromatic heterocycles. The SMILES string of the molecule is CC(C)(C)C1CCC(N(C(=O)Nc2ccccc2OC(F)(F)F)C2CCOc3cc(C(=O)Nc4nn[nH]n4)ccc32)CC1. The van der Waals surface area contributed by atoms with Gasteiger partial charge in [0.1, 0.15) is 5.75 Å². The molecule has 1 atom stereocenters. The number of carbonyl (C=O) groups excluding carboxylic acids is 2. The van der Waals surface area contributed by atoms with Crippen LogP contribution >= 0.6 is 0 Å². The molecule has 1 fully saturated rings. The van der Waals surface area contributed by atoms with E-state index < -0.39 is 30.1 Å². The highest BCUT2D eigenvalue weighted by molar-refractivity contribution is 6.03. The number of anilines is 2. The van der Waals surface area contributed by atoms with Crippen molar-refractivity contribution in [1.29, 1.82) is 0 Å². The normalized spacial score (nSPS) is 20.4. The predicted octanol–water partition coefficient (Wildman–Crippen LogP) is 6.31. The number of nitrogens with one attached hydrogen (secondary N) is 3. The average Bonchev–Trinajstić information content (AvgIpc) is 3.46. The standard InChI is InChI=1S/C29H34F3N7O4/c1-28(2,3)18-9-11-19(12-10-18)39(27(41)33-21-6-4-5-7-23(21)43-29(30,31)32)22-14-15-42-24-16-17(8-13-20(22)24)25(40)34-26-35-37-38-36-26/h4-8,13,16,18-19,22H,9-12,14-15H2,1-3H3,(H,33,41)(H2,34,35,36,37,38,40). The summed E-state index contributed by atoms with van der Waals surface area (Å²) >= 11 is 0. The summed E-state index contributed by atoms with van der Waals surface area (Å²) in [5, 5.41) is 18.4. The molecule has 0 spiro atoms. The Bertz CT molecular complexity index is 1430. The van der Waals surface area contributed by atoms with Crippen molar-refractivity contribution < 1.29 is 32.2 Å². The molecule has 14 heteroatoms. The van der Waals surface area contributed by atoms with Crippen LogP contribution in [-0.2, 0) is 0 Å². The highest BCUT2D eigenvalue weighted by Gasteiger charge is 2.40. The molecular weight excluding hydrogens is 567 g/mol. The second-order valence-electron chi connectivity index (χ2n) is 11.8. The van der Waals surface area contributed by atoms with Crippen LogP contribution in [0.2, 0.25) is 0 Å². The van der Waals surface area contributed by atoms with E-state index in [2.05, 4.69) is 56.8 Å². The van der Waals surface area contributed by atoms with Crippen molar-refractivity contribution in [3.63, 3.8) is 0 Å². The summed E-state index contributed by atoms with van der Waals surface area (Å²) in [6.45, 7) is 6.91. The van der Waals surface area contributed by atoms with Gasteiger partial charge in [-0.15, -0.1) is 18.3 Å². The monoisotopic (exact) mass is 601 g/mol. The van der Waals surface area contributed by atoms with Crippen LogP contribution in [0.1, 0.15) is 74.8 Å². The van der Waals surface area contributed by atoms with Crippen LogP contribution < -0.4 is 20.1 Å². The Kier molecular flexibility index (Phi) is 8.47. The Morgan fingerprint density at radius 3 is 2.44 bits per heavy atom. The molecule has 1 saturated carbocycles. The Balaban J connectivity index is 1.44. The summed E-state index contributed by atoms with van der Waals surface area (Å²) < 4.78 is 49.4. The number of para-hydroxylation sites is 2. The first-order valence-electron chi connectivity index (χ1n) is 14.1. The second kappa shape index (κ2) is 12.1. The molecular formula is C29H34F3N7O4. The van der Waals surface area contributed by atoms with Crippen LogP contribution in [0.5, 0.6) is 11.5 Å². The van der Waals surface area contributed by atoms with E-state index in [9.17, 15) is 22.8 Å². The fraction of sp³-hybridized carbons (Fsp3) is 0.483. The van der Waals surface area contributed by atoms with Crippen molar-refractivity contribution in [3.8, 4) is 11.5 Å². The number of nitrogens with zero attached hydrogens (tertiary/aromatic N) is 4. The number of hydrogen-bond donors (Lipinski definition) is 3. The molecule has 43 heavy (non-hydrogen) atoms. The van der Waals surface area contributed by atoms with E-state index in [0.717, 1.165) is 31.7 Å². The first-order chi connectivity index (χ1) is 20.4. The van der Waals surface area contributed by atoms with Gasteiger partial charge in [0.05, 0.1) is 18.3 Å². The molecule has 2 aromatic carbocycles. The number of tetrazole rings is 1. The van der Waals surface area contributed by atoms with Gasteiger partial charge in [0, 0.05) is 23.6 Å². The van der Waals surface area contributed by atoms with Crippen molar-refractivity contribution >= 4 is 23.6 Å². The zero-order valence-electron chi connectivity index (χ0n) is 24.1. The Morgan fingerprint density at radius 1 is 1.02 bits per heavy atom. The van der Waals surface area contributed by atoms with Gasteiger partial charge < -0.3 is 19.7 Å². The number of ether oxygens (including phenoxy) is 2. The third-order valence-corrected chi connectivity index (χ3v) is 8.09. The van der Waals surface area contributed by atoms with Crippen LogP contribution in [0.25, 0.3) is 0 Å². The van der Waals surface area contributed by atoms with Crippen molar-refractivity contribution in [1.82, 2.24) is 25.5 Å². The lowest BCUT2D eigenvalue weighted by Crippen LogP contribution is -2.48. The third-order valence-electron chi connectivity index (χ3n) is 8.09. The van der Waals surface area contributed by atoms with Crippen LogP contribution in [0.4, 0.5) is 29.6 Å². The smallest absolute Gasteiger partial charge is 0.493 e. The summed E-state index contributed by atoms with van der Waals surface area (Å²) in [6, 6.07) is 9.29. The van der Waals surface area contributed by atoms with Crippen LogP contribution in [0.15, 0.2) is 42.5 Å². The third kappa shape index (κ3) is 7.17. The van der Waals surface area contributed by atoms with E-state index in [1.165, 1.54) is 18.2 Å². The molecule has 0 saturated heterocycles. The lowest BCUT2D eigenvalue weighted by molar-refractivity contribution is -0.274. The number of aromatic nitrogens is 4. The number of aromatic amines is 1. The molecule has 3 aromatic rings. The summed E-state index contributed by atoms with van der Waals surface area (Å²) in [5.74, 6) is -0.0171. The maximum atomic E-state index is 14.0. The van der Waals surface area contributed by atoms with Gasteiger partial charge in [0.2, 0.25) is 0 Å². The number of fused-ring (bicyclic) bond motifs is 1. The highest BCUT2D eigenvalue weighted by Crippen LogP contribution is 2.44. The van der Waals surface area contributed by atoms with E-state index in [1.54, 1.807) is 23.1 Å². The minimum atomic E-state index is -4.92. The van der Waals surface area contributed by atoms with Gasteiger partial charge in [-0.25, -0.2) is 4.79 Å². The molecule has 0 bridgehead atoms. The highest BCUT2D eigenvalue weighted by atomic mass is 19.4. The number of rotatable bonds is 6. The molecule has 0 radical (unpaired) electrons. The first-order valence-corrected chi connectivity index (χ1v) is 14.1. The van der Waals surface area contributed by atoms with Crippen LogP contribution in [0.3, 0.4) is 0 Å². The summed E-state index contributed by atoms with van der Waals surface area (Å²) in [6.07, 6.45) is -1.14. The maximum absolute atomic E-state index is 14.0. The van der Waals surface area contributed by atoms with Crippen molar-refractivity contribution in [2.45, 2.75) is 71.3 Å².